The van der Waals surface area contributed by atoms with E-state index in [1.165, 1.54) is 6.07 Å². The zero-order valence-electron chi connectivity index (χ0n) is 11.9. The average molecular weight is 287 g/mol. The highest BCUT2D eigenvalue weighted by molar-refractivity contribution is 7.84. The molecule has 0 fully saturated rings. The first-order valence-electron chi connectivity index (χ1n) is 6.36. The van der Waals surface area contributed by atoms with Gasteiger partial charge in [-0.3, -0.25) is 5.14 Å². The lowest BCUT2D eigenvalue weighted by atomic mass is 9.91. The number of halogens is 1. The summed E-state index contributed by atoms with van der Waals surface area (Å²) in [5.41, 5.74) is 0.861. The molecule has 2 atom stereocenters. The Balaban J connectivity index is 2.86. The molecule has 0 aliphatic heterocycles. The molecule has 5 heteroatoms. The predicted octanol–water partition coefficient (Wildman–Crippen LogP) is 3.12. The largest absolute Gasteiger partial charge is 0.491 e. The lowest BCUT2D eigenvalue weighted by molar-refractivity contribution is 0.321. The summed E-state index contributed by atoms with van der Waals surface area (Å²) in [5, 5.41) is 5.47. The molecule has 0 aliphatic rings. The molecular formula is C14H22FNO2S. The van der Waals surface area contributed by atoms with Gasteiger partial charge in [-0.05, 0) is 50.8 Å². The topological polar surface area (TPSA) is 52.3 Å². The maximum atomic E-state index is 13.8. The normalized spacial score (nSPS) is 15.1. The fraction of sp³-hybridized carbons (Fsp3) is 0.571. The maximum absolute atomic E-state index is 13.8. The SMILES string of the molecule is CCOc1ccc([C@H](C)CC(C)(C)S(N)=O)cc1F. The van der Waals surface area contributed by atoms with Crippen LogP contribution >= 0.6 is 0 Å². The summed E-state index contributed by atoms with van der Waals surface area (Å²) in [6.45, 7) is 7.93. The molecular weight excluding hydrogens is 265 g/mol. The van der Waals surface area contributed by atoms with Gasteiger partial charge in [0.1, 0.15) is 0 Å². The highest BCUT2D eigenvalue weighted by Crippen LogP contribution is 2.30. The highest BCUT2D eigenvalue weighted by Gasteiger charge is 2.27. The Morgan fingerprint density at radius 3 is 2.58 bits per heavy atom. The van der Waals surface area contributed by atoms with Crippen LogP contribution in [0.5, 0.6) is 5.75 Å². The number of rotatable bonds is 6. The molecule has 0 spiro atoms. The Morgan fingerprint density at radius 2 is 2.11 bits per heavy atom. The zero-order chi connectivity index (χ0) is 14.6. The van der Waals surface area contributed by atoms with Crippen LogP contribution < -0.4 is 9.88 Å². The summed E-state index contributed by atoms with van der Waals surface area (Å²) in [7, 11) is -1.40. The van der Waals surface area contributed by atoms with E-state index in [1.54, 1.807) is 6.07 Å². The summed E-state index contributed by atoms with van der Waals surface area (Å²) in [4.78, 5) is 0. The van der Waals surface area contributed by atoms with Gasteiger partial charge in [0.25, 0.3) is 0 Å². The van der Waals surface area contributed by atoms with Gasteiger partial charge in [0.2, 0.25) is 0 Å². The molecule has 0 aliphatic carbocycles. The Labute approximate surface area is 116 Å². The van der Waals surface area contributed by atoms with Gasteiger partial charge in [-0.25, -0.2) is 8.60 Å². The summed E-state index contributed by atoms with van der Waals surface area (Å²) < 4.78 is 29.9. The first-order valence-corrected chi connectivity index (χ1v) is 7.57. The third-order valence-corrected chi connectivity index (χ3v) is 4.42. The van der Waals surface area contributed by atoms with Crippen molar-refractivity contribution in [3.8, 4) is 5.75 Å². The van der Waals surface area contributed by atoms with E-state index in [1.807, 2.05) is 33.8 Å². The zero-order valence-corrected chi connectivity index (χ0v) is 12.7. The first-order chi connectivity index (χ1) is 8.77. The van der Waals surface area contributed by atoms with Crippen molar-refractivity contribution in [3.63, 3.8) is 0 Å². The van der Waals surface area contributed by atoms with Gasteiger partial charge in [-0.15, -0.1) is 0 Å². The van der Waals surface area contributed by atoms with Crippen LogP contribution in [0.1, 0.15) is 45.6 Å². The molecule has 0 saturated heterocycles. The summed E-state index contributed by atoms with van der Waals surface area (Å²) in [5.74, 6) is -0.0225. The first kappa shape index (κ1) is 16.1. The van der Waals surface area contributed by atoms with Crippen molar-refractivity contribution in [1.82, 2.24) is 0 Å². The van der Waals surface area contributed by atoms with E-state index in [2.05, 4.69) is 0 Å². The standard InChI is InChI=1S/C14H22FNO2S/c1-5-18-13-7-6-11(8-12(13)15)10(2)9-14(3,4)19(16)17/h6-8,10H,5,9,16H2,1-4H3/t10-,19?/m1/s1. The van der Waals surface area contributed by atoms with Crippen molar-refractivity contribution in [3.05, 3.63) is 29.6 Å². The van der Waals surface area contributed by atoms with E-state index in [-0.39, 0.29) is 17.5 Å². The Morgan fingerprint density at radius 1 is 1.47 bits per heavy atom. The quantitative estimate of drug-likeness (QED) is 0.874. The molecule has 1 rings (SSSR count). The maximum Gasteiger partial charge on any atom is 0.165 e. The van der Waals surface area contributed by atoms with Crippen LogP contribution in [0, 0.1) is 5.82 Å². The molecule has 0 bridgehead atoms. The van der Waals surface area contributed by atoms with E-state index >= 15 is 0 Å². The summed E-state index contributed by atoms with van der Waals surface area (Å²) in [6, 6.07) is 4.95. The Hall–Kier alpha value is -0.940. The number of hydrogen-bond donors (Lipinski definition) is 1. The van der Waals surface area contributed by atoms with E-state index < -0.39 is 15.7 Å². The minimum atomic E-state index is -1.40. The smallest absolute Gasteiger partial charge is 0.165 e. The number of hydrogen-bond acceptors (Lipinski definition) is 2. The number of benzene rings is 1. The molecule has 0 heterocycles. The third kappa shape index (κ3) is 4.28. The van der Waals surface area contributed by atoms with Crippen LogP contribution in [0.25, 0.3) is 0 Å². The van der Waals surface area contributed by atoms with Crippen LogP contribution in [0.2, 0.25) is 0 Å². The summed E-state index contributed by atoms with van der Waals surface area (Å²) in [6.07, 6.45) is 0.629. The minimum Gasteiger partial charge on any atom is -0.491 e. The van der Waals surface area contributed by atoms with Gasteiger partial charge in [-0.1, -0.05) is 13.0 Å². The second kappa shape index (κ2) is 6.48. The molecule has 0 aromatic heterocycles. The summed E-state index contributed by atoms with van der Waals surface area (Å²) >= 11 is 0. The Kier molecular flexibility index (Phi) is 5.50. The van der Waals surface area contributed by atoms with Crippen molar-refractivity contribution in [1.29, 1.82) is 0 Å². The van der Waals surface area contributed by atoms with Gasteiger partial charge in [0, 0.05) is 0 Å². The fourth-order valence-electron chi connectivity index (χ4n) is 2.03. The number of nitrogens with two attached hydrogens (primary N) is 1. The number of ether oxygens (including phenoxy) is 1. The van der Waals surface area contributed by atoms with Crippen LogP contribution in [0.4, 0.5) is 4.39 Å². The second-order valence-electron chi connectivity index (χ2n) is 5.29. The molecule has 0 radical (unpaired) electrons. The predicted molar refractivity (Wildman–Crippen MR) is 77.0 cm³/mol. The van der Waals surface area contributed by atoms with Gasteiger partial charge in [0.15, 0.2) is 11.6 Å². The van der Waals surface area contributed by atoms with Crippen molar-refractivity contribution in [2.45, 2.75) is 44.8 Å². The molecule has 0 amide bonds. The molecule has 0 saturated carbocycles. The minimum absolute atomic E-state index is 0.0766. The van der Waals surface area contributed by atoms with E-state index in [0.29, 0.717) is 13.0 Å². The average Bonchev–Trinajstić information content (AvgIpc) is 2.31. The van der Waals surface area contributed by atoms with E-state index in [9.17, 15) is 8.60 Å². The highest BCUT2D eigenvalue weighted by atomic mass is 32.2. The van der Waals surface area contributed by atoms with E-state index in [0.717, 1.165) is 5.56 Å². The van der Waals surface area contributed by atoms with Gasteiger partial charge < -0.3 is 4.74 Å². The molecule has 1 aromatic carbocycles. The van der Waals surface area contributed by atoms with Gasteiger partial charge in [0.05, 0.1) is 22.3 Å². The molecule has 1 aromatic rings. The van der Waals surface area contributed by atoms with Crippen LogP contribution in [-0.2, 0) is 11.0 Å². The van der Waals surface area contributed by atoms with Crippen LogP contribution in [-0.4, -0.2) is 15.6 Å². The second-order valence-corrected chi connectivity index (χ2v) is 6.99. The van der Waals surface area contributed by atoms with Crippen LogP contribution in [0.15, 0.2) is 18.2 Å². The van der Waals surface area contributed by atoms with Crippen molar-refractivity contribution in [2.24, 2.45) is 5.14 Å². The molecule has 108 valence electrons. The fourth-order valence-corrected chi connectivity index (χ4v) is 2.45. The van der Waals surface area contributed by atoms with Crippen LogP contribution in [0.3, 0.4) is 0 Å². The van der Waals surface area contributed by atoms with Gasteiger partial charge >= 0.3 is 0 Å². The lowest BCUT2D eigenvalue weighted by Gasteiger charge is -2.25. The molecule has 1 unspecified atom stereocenters. The van der Waals surface area contributed by atoms with Crippen molar-refractivity contribution in [2.75, 3.05) is 6.61 Å². The van der Waals surface area contributed by atoms with Crippen molar-refractivity contribution < 1.29 is 13.3 Å². The van der Waals surface area contributed by atoms with Gasteiger partial charge in [-0.2, -0.15) is 0 Å². The van der Waals surface area contributed by atoms with E-state index in [4.69, 9.17) is 9.88 Å². The Bertz CT molecular complexity index is 463. The molecule has 3 nitrogen and oxygen atoms in total. The molecule has 2 N–H and O–H groups in total. The molecule has 19 heavy (non-hydrogen) atoms. The third-order valence-electron chi connectivity index (χ3n) is 3.17. The monoisotopic (exact) mass is 287 g/mol. The lowest BCUT2D eigenvalue weighted by Crippen LogP contribution is -2.33. The van der Waals surface area contributed by atoms with Crippen molar-refractivity contribution >= 4 is 11.0 Å².